The maximum atomic E-state index is 13.3. The van der Waals surface area contributed by atoms with Crippen molar-refractivity contribution < 1.29 is 35.5 Å². The molecule has 162 valence electrons. The Morgan fingerprint density at radius 2 is 2.03 bits per heavy atom. The number of aliphatic imine (C=N–C) groups is 1. The van der Waals surface area contributed by atoms with E-state index in [1.165, 1.54) is 12.1 Å². The number of terminal acetylenes is 1. The molecule has 0 saturated carbocycles. The molecule has 0 fully saturated rings. The van der Waals surface area contributed by atoms with Gasteiger partial charge in [0, 0.05) is 17.9 Å². The fraction of sp³-hybridized carbons (Fsp3) is 0.167. The van der Waals surface area contributed by atoms with Crippen molar-refractivity contribution in [3.63, 3.8) is 0 Å². The van der Waals surface area contributed by atoms with Gasteiger partial charge in [-0.3, -0.25) is 0 Å². The van der Waals surface area contributed by atoms with E-state index < -0.39 is 5.54 Å². The van der Waals surface area contributed by atoms with Crippen LogP contribution in [0.1, 0.15) is 31.9 Å². The average Bonchev–Trinajstić information content (AvgIpc) is 3.04. The largest absolute Gasteiger partial charge is 2.00 e. The van der Waals surface area contributed by atoms with Crippen molar-refractivity contribution in [3.8, 4) is 12.3 Å². The predicted molar refractivity (Wildman–Crippen MR) is 124 cm³/mol. The summed E-state index contributed by atoms with van der Waals surface area (Å²) in [7, 11) is 0. The number of nitrogen functional groups attached to an aromatic ring is 1. The maximum Gasteiger partial charge on any atom is 2.00 e. The van der Waals surface area contributed by atoms with Crippen LogP contribution in [0, 0.1) is 62.4 Å². The molecule has 0 unspecified atom stereocenters. The summed E-state index contributed by atoms with van der Waals surface area (Å²) in [5, 5.41) is 7.64. The molecule has 0 saturated heterocycles. The first-order valence-electron chi connectivity index (χ1n) is 9.37. The van der Waals surface area contributed by atoms with Crippen molar-refractivity contribution >= 4 is 22.9 Å². The molecule has 2 heterocycles. The zero-order valence-electron chi connectivity index (χ0n) is 18.4. The molecule has 3 N–H and O–H groups in total. The molecule has 2 aromatic heterocycles. The van der Waals surface area contributed by atoms with Gasteiger partial charge in [0.1, 0.15) is 5.82 Å². The third-order valence-electron chi connectivity index (χ3n) is 4.38. The van der Waals surface area contributed by atoms with Gasteiger partial charge in [-0.25, -0.2) is 13.9 Å². The molecular formula is C24H25FN6U. The first-order chi connectivity index (χ1) is 14.7. The summed E-state index contributed by atoms with van der Waals surface area (Å²) in [5.41, 5.74) is 8.73. The standard InChI is InChI=1S/C21H22FN6.C3H3.U/c1-5-24-17(26-21(3,4)15-7-9-16(22)10-8-15)13-14(2)18-19(23)27-28-12-6-11-25-20(18)28;1-3-2;/h6-13H,1H2,2-4H3,(H2,23,27)(H,24,26);1H,2H2;/q2*-1;+2/b14-13+;;. The number of fused-ring (bicyclic) bond motifs is 1. The van der Waals surface area contributed by atoms with Gasteiger partial charge < -0.3 is 28.4 Å². The molecule has 0 aliphatic heterocycles. The molecule has 0 radical (unpaired) electrons. The maximum absolute atomic E-state index is 13.3. The number of nitrogens with one attached hydrogen (secondary N) is 1. The number of rotatable bonds is 5. The second kappa shape index (κ2) is 12.1. The number of anilines is 1. The van der Waals surface area contributed by atoms with E-state index in [-0.39, 0.29) is 36.9 Å². The molecule has 3 aromatic rings. The number of halogens is 1. The third kappa shape index (κ3) is 6.75. The molecule has 0 aliphatic carbocycles. The van der Waals surface area contributed by atoms with E-state index in [4.69, 9.17) is 5.73 Å². The van der Waals surface area contributed by atoms with Crippen molar-refractivity contribution in [1.82, 2.24) is 19.9 Å². The topological polar surface area (TPSA) is 80.6 Å². The van der Waals surface area contributed by atoms with Crippen LogP contribution in [0.25, 0.3) is 11.2 Å². The quantitative estimate of drug-likeness (QED) is 0.188. The van der Waals surface area contributed by atoms with Crippen LogP contribution < -0.4 is 11.1 Å². The fourth-order valence-electron chi connectivity index (χ4n) is 3.00. The fourth-order valence-corrected chi connectivity index (χ4v) is 3.00. The number of hydrogen-bond acceptors (Lipinski definition) is 4. The second-order valence-corrected chi connectivity index (χ2v) is 7.09. The van der Waals surface area contributed by atoms with Crippen LogP contribution in [-0.4, -0.2) is 20.4 Å². The second-order valence-electron chi connectivity index (χ2n) is 7.09. The normalized spacial score (nSPS) is 11.6. The number of nitrogens with two attached hydrogens (primary N) is 1. The number of benzene rings is 1. The SMILES string of the molecule is C#C[CH2-].C=[C-]N=C(/C=C(\C)c1c(N)nn2cccnc12)NC(C)(C)c1ccc(F)cc1.[U+2]. The van der Waals surface area contributed by atoms with Crippen LogP contribution in [0.15, 0.2) is 60.4 Å². The molecule has 3 rings (SSSR count). The summed E-state index contributed by atoms with van der Waals surface area (Å²) in [6, 6.07) is 8.13. The zero-order valence-corrected chi connectivity index (χ0v) is 22.5. The van der Waals surface area contributed by atoms with Gasteiger partial charge in [-0.05, 0) is 50.4 Å². The molecule has 32 heavy (non-hydrogen) atoms. The summed E-state index contributed by atoms with van der Waals surface area (Å²) in [6.07, 6.45) is 12.4. The average molecular weight is 655 g/mol. The summed E-state index contributed by atoms with van der Waals surface area (Å²) >= 11 is 0. The Morgan fingerprint density at radius 1 is 1.41 bits per heavy atom. The smallest absolute Gasteiger partial charge is 0.439 e. The van der Waals surface area contributed by atoms with E-state index in [9.17, 15) is 4.39 Å². The zero-order chi connectivity index (χ0) is 23.0. The van der Waals surface area contributed by atoms with Crippen LogP contribution in [-0.2, 0) is 5.54 Å². The van der Waals surface area contributed by atoms with Gasteiger partial charge in [0.25, 0.3) is 0 Å². The van der Waals surface area contributed by atoms with Crippen LogP contribution in [0.2, 0.25) is 0 Å². The molecular weight excluding hydrogens is 629 g/mol. The molecule has 0 amide bonds. The van der Waals surface area contributed by atoms with Crippen LogP contribution in [0.4, 0.5) is 10.2 Å². The van der Waals surface area contributed by atoms with E-state index >= 15 is 0 Å². The summed E-state index contributed by atoms with van der Waals surface area (Å²) in [6.45, 7) is 12.5. The molecule has 0 bridgehead atoms. The third-order valence-corrected chi connectivity index (χ3v) is 4.38. The Balaban J connectivity index is 0.00000121. The van der Waals surface area contributed by atoms with Crippen molar-refractivity contribution in [3.05, 3.63) is 85.4 Å². The van der Waals surface area contributed by atoms with Gasteiger partial charge in [0.2, 0.25) is 0 Å². The van der Waals surface area contributed by atoms with Crippen molar-refractivity contribution in [1.29, 1.82) is 0 Å². The molecule has 0 atom stereocenters. The Bertz CT molecular complexity index is 1150. The molecule has 1 aromatic carbocycles. The van der Waals surface area contributed by atoms with Gasteiger partial charge in [-0.2, -0.15) is 19.7 Å². The molecule has 0 aliphatic rings. The Hall–Kier alpha value is -3.00. The summed E-state index contributed by atoms with van der Waals surface area (Å²) in [4.78, 5) is 8.58. The predicted octanol–water partition coefficient (Wildman–Crippen LogP) is 4.18. The van der Waals surface area contributed by atoms with E-state index in [0.29, 0.717) is 17.3 Å². The first kappa shape index (κ1) is 27.0. The summed E-state index contributed by atoms with van der Waals surface area (Å²) in [5.74, 6) is 2.64. The van der Waals surface area contributed by atoms with E-state index in [1.54, 1.807) is 35.1 Å². The van der Waals surface area contributed by atoms with Crippen LogP contribution in [0.5, 0.6) is 0 Å². The van der Waals surface area contributed by atoms with E-state index in [1.807, 2.05) is 32.8 Å². The number of aromatic nitrogens is 3. The Kier molecular flexibility index (Phi) is 10.3. The minimum Gasteiger partial charge on any atom is -0.439 e. The van der Waals surface area contributed by atoms with Crippen LogP contribution >= 0.6 is 0 Å². The van der Waals surface area contributed by atoms with Gasteiger partial charge in [0.15, 0.2) is 11.5 Å². The Morgan fingerprint density at radius 3 is 2.62 bits per heavy atom. The monoisotopic (exact) mass is 654 g/mol. The minimum absolute atomic E-state index is 0. The number of nitrogens with zero attached hydrogens (tertiary/aromatic N) is 4. The van der Waals surface area contributed by atoms with Crippen molar-refractivity contribution in [2.75, 3.05) is 5.73 Å². The number of hydrogen-bond donors (Lipinski definition) is 2. The number of allylic oxidation sites excluding steroid dienone is 1. The van der Waals surface area contributed by atoms with Gasteiger partial charge in [0.05, 0.1) is 5.56 Å². The van der Waals surface area contributed by atoms with Gasteiger partial charge >= 0.3 is 31.1 Å². The first-order valence-corrected chi connectivity index (χ1v) is 9.37. The van der Waals surface area contributed by atoms with Crippen molar-refractivity contribution in [2.24, 2.45) is 4.99 Å². The van der Waals surface area contributed by atoms with E-state index in [0.717, 1.165) is 16.7 Å². The van der Waals surface area contributed by atoms with E-state index in [2.05, 4.69) is 46.5 Å². The minimum atomic E-state index is -0.509. The van der Waals surface area contributed by atoms with Gasteiger partial charge in [-0.15, -0.1) is 11.2 Å². The molecule has 6 nitrogen and oxygen atoms in total. The van der Waals surface area contributed by atoms with Gasteiger partial charge in [-0.1, -0.05) is 17.7 Å². The van der Waals surface area contributed by atoms with Crippen LogP contribution in [0.3, 0.4) is 0 Å². The number of amidine groups is 1. The molecule has 0 spiro atoms. The Labute approximate surface area is 212 Å². The molecule has 8 heteroatoms. The van der Waals surface area contributed by atoms with Crippen molar-refractivity contribution in [2.45, 2.75) is 26.3 Å². The summed E-state index contributed by atoms with van der Waals surface area (Å²) < 4.78 is 14.9.